The maximum absolute atomic E-state index is 11.1. The molecule has 0 aliphatic carbocycles. The average molecular weight is 486 g/mol. The summed E-state index contributed by atoms with van der Waals surface area (Å²) in [6, 6.07) is 20.9. The van der Waals surface area contributed by atoms with Gasteiger partial charge in [-0.2, -0.15) is 20.1 Å². The summed E-state index contributed by atoms with van der Waals surface area (Å²) in [5.74, 6) is 1.82. The molecule has 0 fully saturated rings. The van der Waals surface area contributed by atoms with Gasteiger partial charge in [-0.3, -0.25) is 10.1 Å². The summed E-state index contributed by atoms with van der Waals surface area (Å²) in [7, 11) is 3.06. The third-order valence-corrected chi connectivity index (χ3v) is 4.80. The SMILES string of the molecule is COc1ccc(Nc2nc(N/N=C\c3cc([N+](=O)[O-])ccc3OC)nc(Nc3ccccc3)n2)cc1. The summed E-state index contributed by atoms with van der Waals surface area (Å²) < 4.78 is 10.4. The van der Waals surface area contributed by atoms with Gasteiger partial charge in [0.15, 0.2) is 0 Å². The van der Waals surface area contributed by atoms with E-state index in [0.29, 0.717) is 11.3 Å². The number of hydrogen-bond donors (Lipinski definition) is 3. The number of nitrogens with one attached hydrogen (secondary N) is 3. The normalized spacial score (nSPS) is 10.6. The minimum Gasteiger partial charge on any atom is -0.497 e. The van der Waals surface area contributed by atoms with Crippen molar-refractivity contribution < 1.29 is 14.4 Å². The Morgan fingerprint density at radius 2 is 1.47 bits per heavy atom. The highest BCUT2D eigenvalue weighted by Gasteiger charge is 2.11. The molecule has 0 aliphatic heterocycles. The Morgan fingerprint density at radius 3 is 2.08 bits per heavy atom. The lowest BCUT2D eigenvalue weighted by molar-refractivity contribution is -0.384. The largest absolute Gasteiger partial charge is 0.497 e. The first-order valence-corrected chi connectivity index (χ1v) is 10.6. The first kappa shape index (κ1) is 23.9. The Balaban J connectivity index is 1.60. The van der Waals surface area contributed by atoms with Gasteiger partial charge in [-0.05, 0) is 42.5 Å². The van der Waals surface area contributed by atoms with Crippen molar-refractivity contribution in [2.45, 2.75) is 0 Å². The van der Waals surface area contributed by atoms with Gasteiger partial charge in [-0.25, -0.2) is 5.43 Å². The van der Waals surface area contributed by atoms with Crippen LogP contribution in [0.15, 0.2) is 77.9 Å². The number of anilines is 5. The zero-order chi connectivity index (χ0) is 25.3. The molecule has 0 atom stereocenters. The summed E-state index contributed by atoms with van der Waals surface area (Å²) >= 11 is 0. The standard InChI is InChI=1S/C24H22N8O4/c1-35-20-11-8-18(9-12-20)27-23-28-22(26-17-6-4-3-5-7-17)29-24(30-23)31-25-15-16-14-19(32(33)34)10-13-21(16)36-2/h3-15H,1-2H3,(H3,26,27,28,29,30,31)/b25-15-. The number of nitrogens with zero attached hydrogens (tertiary/aromatic N) is 5. The molecule has 0 spiro atoms. The number of non-ortho nitro benzene ring substituents is 1. The Morgan fingerprint density at radius 1 is 0.833 bits per heavy atom. The summed E-state index contributed by atoms with van der Waals surface area (Å²) in [6.45, 7) is 0. The van der Waals surface area contributed by atoms with Crippen molar-refractivity contribution in [3.63, 3.8) is 0 Å². The van der Waals surface area contributed by atoms with E-state index in [2.05, 4.69) is 36.1 Å². The lowest BCUT2D eigenvalue weighted by Gasteiger charge is -2.10. The van der Waals surface area contributed by atoms with Gasteiger partial charge in [0, 0.05) is 29.1 Å². The smallest absolute Gasteiger partial charge is 0.270 e. The molecule has 12 heteroatoms. The number of hydrogen-bond acceptors (Lipinski definition) is 11. The number of benzene rings is 3. The molecule has 0 amide bonds. The highest BCUT2D eigenvalue weighted by atomic mass is 16.6. The predicted molar refractivity (Wildman–Crippen MR) is 137 cm³/mol. The first-order chi connectivity index (χ1) is 17.5. The van der Waals surface area contributed by atoms with Crippen LogP contribution in [0.5, 0.6) is 11.5 Å². The molecular weight excluding hydrogens is 464 g/mol. The van der Waals surface area contributed by atoms with Crippen molar-refractivity contribution >= 4 is 41.1 Å². The molecular formula is C24H22N8O4. The van der Waals surface area contributed by atoms with Crippen LogP contribution >= 0.6 is 0 Å². The van der Waals surface area contributed by atoms with Crippen LogP contribution < -0.4 is 25.5 Å². The summed E-state index contributed by atoms with van der Waals surface area (Å²) in [6.07, 6.45) is 1.39. The molecule has 3 N–H and O–H groups in total. The second-order valence-electron chi connectivity index (χ2n) is 7.20. The van der Waals surface area contributed by atoms with Crippen molar-refractivity contribution in [3.8, 4) is 11.5 Å². The van der Waals surface area contributed by atoms with E-state index in [1.54, 1.807) is 7.11 Å². The average Bonchev–Trinajstić information content (AvgIpc) is 2.89. The molecule has 0 saturated carbocycles. The van der Waals surface area contributed by atoms with E-state index < -0.39 is 4.92 Å². The van der Waals surface area contributed by atoms with E-state index in [0.717, 1.165) is 17.1 Å². The molecule has 4 aromatic rings. The van der Waals surface area contributed by atoms with Crippen molar-refractivity contribution in [1.82, 2.24) is 15.0 Å². The van der Waals surface area contributed by atoms with Gasteiger partial charge < -0.3 is 20.1 Å². The van der Waals surface area contributed by atoms with Crippen LogP contribution in [0.25, 0.3) is 0 Å². The molecule has 12 nitrogen and oxygen atoms in total. The number of methoxy groups -OCH3 is 2. The zero-order valence-corrected chi connectivity index (χ0v) is 19.4. The van der Waals surface area contributed by atoms with Gasteiger partial charge in [0.1, 0.15) is 11.5 Å². The fourth-order valence-corrected chi connectivity index (χ4v) is 3.09. The van der Waals surface area contributed by atoms with Gasteiger partial charge in [0.05, 0.1) is 25.4 Å². The van der Waals surface area contributed by atoms with Crippen LogP contribution in [0, 0.1) is 10.1 Å². The molecule has 0 bridgehead atoms. The van der Waals surface area contributed by atoms with E-state index in [1.807, 2.05) is 54.6 Å². The van der Waals surface area contributed by atoms with E-state index >= 15 is 0 Å². The van der Waals surface area contributed by atoms with Gasteiger partial charge in [0.2, 0.25) is 17.8 Å². The molecule has 182 valence electrons. The maximum Gasteiger partial charge on any atom is 0.270 e. The fraction of sp³-hybridized carbons (Fsp3) is 0.0833. The molecule has 4 rings (SSSR count). The third-order valence-electron chi connectivity index (χ3n) is 4.80. The number of ether oxygens (including phenoxy) is 2. The Kier molecular flexibility index (Phi) is 7.46. The summed E-state index contributed by atoms with van der Waals surface area (Å²) in [5, 5.41) is 21.5. The second-order valence-corrected chi connectivity index (χ2v) is 7.20. The first-order valence-electron chi connectivity index (χ1n) is 10.6. The van der Waals surface area contributed by atoms with Crippen LogP contribution in [-0.4, -0.2) is 40.3 Å². The quantitative estimate of drug-likeness (QED) is 0.163. The van der Waals surface area contributed by atoms with Gasteiger partial charge in [-0.1, -0.05) is 18.2 Å². The Labute approximate surface area is 206 Å². The van der Waals surface area contributed by atoms with E-state index in [9.17, 15) is 10.1 Å². The van der Waals surface area contributed by atoms with Crippen molar-refractivity contribution in [3.05, 3.63) is 88.5 Å². The number of nitro groups is 1. The minimum absolute atomic E-state index is 0.0854. The van der Waals surface area contributed by atoms with Gasteiger partial charge >= 0.3 is 0 Å². The number of para-hydroxylation sites is 1. The fourth-order valence-electron chi connectivity index (χ4n) is 3.09. The number of hydrazone groups is 1. The highest BCUT2D eigenvalue weighted by Crippen LogP contribution is 2.23. The van der Waals surface area contributed by atoms with Crippen LogP contribution in [0.3, 0.4) is 0 Å². The van der Waals surface area contributed by atoms with Gasteiger partial charge in [0.25, 0.3) is 5.69 Å². The Bertz CT molecular complexity index is 1360. The Hall–Kier alpha value is -5.26. The summed E-state index contributed by atoms with van der Waals surface area (Å²) in [4.78, 5) is 23.8. The molecule has 0 aliphatic rings. The number of rotatable bonds is 10. The van der Waals surface area contributed by atoms with E-state index in [-0.39, 0.29) is 23.5 Å². The topological polar surface area (TPSA) is 149 Å². The summed E-state index contributed by atoms with van der Waals surface area (Å²) in [5.41, 5.74) is 4.60. The van der Waals surface area contributed by atoms with Crippen LogP contribution in [0.2, 0.25) is 0 Å². The minimum atomic E-state index is -0.491. The van der Waals surface area contributed by atoms with Crippen LogP contribution in [0.1, 0.15) is 5.56 Å². The van der Waals surface area contributed by atoms with E-state index in [4.69, 9.17) is 9.47 Å². The number of nitro benzene ring substituents is 1. The lowest BCUT2D eigenvalue weighted by Crippen LogP contribution is -2.07. The molecule has 0 radical (unpaired) electrons. The van der Waals surface area contributed by atoms with E-state index in [1.165, 1.54) is 31.5 Å². The second kappa shape index (κ2) is 11.2. The highest BCUT2D eigenvalue weighted by molar-refractivity contribution is 5.85. The predicted octanol–water partition coefficient (Wildman–Crippen LogP) is 4.73. The van der Waals surface area contributed by atoms with Crippen molar-refractivity contribution in [2.24, 2.45) is 5.10 Å². The van der Waals surface area contributed by atoms with Crippen LogP contribution in [0.4, 0.5) is 34.9 Å². The molecule has 1 aromatic heterocycles. The molecule has 0 unspecified atom stereocenters. The van der Waals surface area contributed by atoms with Crippen molar-refractivity contribution in [1.29, 1.82) is 0 Å². The number of aromatic nitrogens is 3. The maximum atomic E-state index is 11.1. The molecule has 3 aromatic carbocycles. The molecule has 36 heavy (non-hydrogen) atoms. The van der Waals surface area contributed by atoms with Crippen LogP contribution in [-0.2, 0) is 0 Å². The zero-order valence-electron chi connectivity index (χ0n) is 19.4. The lowest BCUT2D eigenvalue weighted by atomic mass is 10.2. The molecule has 1 heterocycles. The van der Waals surface area contributed by atoms with Gasteiger partial charge in [-0.15, -0.1) is 0 Å². The third kappa shape index (κ3) is 6.20. The monoisotopic (exact) mass is 486 g/mol. The molecule has 0 saturated heterocycles. The van der Waals surface area contributed by atoms with Crippen molar-refractivity contribution in [2.75, 3.05) is 30.3 Å².